The summed E-state index contributed by atoms with van der Waals surface area (Å²) < 4.78 is 2.02. The zero-order valence-corrected chi connectivity index (χ0v) is 8.58. The maximum Gasteiger partial charge on any atom is 0.108 e. The minimum absolute atomic E-state index is 0.406. The van der Waals surface area contributed by atoms with E-state index in [0.717, 1.165) is 21.6 Å². The Morgan fingerprint density at radius 1 is 1.43 bits per heavy atom. The lowest BCUT2D eigenvalue weighted by molar-refractivity contribution is 0.119. The van der Waals surface area contributed by atoms with E-state index in [1.807, 2.05) is 35.9 Å². The van der Waals surface area contributed by atoms with Gasteiger partial charge in [0.1, 0.15) is 6.61 Å². The number of halogens is 1. The third-order valence-corrected chi connectivity index (χ3v) is 2.57. The molecule has 0 fully saturated rings. The lowest BCUT2D eigenvalue weighted by atomic mass is 10.2. The van der Waals surface area contributed by atoms with Crippen LogP contribution in [0.25, 0.3) is 10.9 Å². The summed E-state index contributed by atoms with van der Waals surface area (Å²) in [6.07, 6.45) is 0. The van der Waals surface area contributed by atoms with E-state index in [9.17, 15) is 0 Å². The molecule has 0 radical (unpaired) electrons. The molecule has 1 aromatic carbocycles. The lowest BCUT2D eigenvalue weighted by Gasteiger charge is -2.01. The number of nitrogens with two attached hydrogens (primary N) is 1. The largest absolute Gasteiger partial charge is 0.345 e. The van der Waals surface area contributed by atoms with E-state index in [1.165, 1.54) is 0 Å². The molecule has 74 valence electrons. The molecule has 0 unspecified atom stereocenters. The summed E-state index contributed by atoms with van der Waals surface area (Å²) in [6, 6.07) is 7.82. The van der Waals surface area contributed by atoms with Crippen LogP contribution < -0.4 is 5.90 Å². The molecule has 2 rings (SSSR count). The highest BCUT2D eigenvalue weighted by atomic mass is 35.5. The van der Waals surface area contributed by atoms with Crippen LogP contribution in [0.5, 0.6) is 0 Å². The van der Waals surface area contributed by atoms with E-state index in [2.05, 4.69) is 4.84 Å². The normalized spacial score (nSPS) is 11.1. The zero-order valence-electron chi connectivity index (χ0n) is 7.83. The van der Waals surface area contributed by atoms with Crippen molar-refractivity contribution in [3.05, 3.63) is 35.0 Å². The van der Waals surface area contributed by atoms with Crippen LogP contribution in [0.4, 0.5) is 0 Å². The Kier molecular flexibility index (Phi) is 2.46. The molecule has 2 aromatic rings. The van der Waals surface area contributed by atoms with Crippen LogP contribution in [0.1, 0.15) is 5.69 Å². The minimum Gasteiger partial charge on any atom is -0.345 e. The van der Waals surface area contributed by atoms with E-state index in [1.54, 1.807) is 0 Å². The standard InChI is InChI=1S/C10H11ClN2O/c1-13-9(6-14-12)4-7-2-3-8(11)5-10(7)13/h2-5H,6,12H2,1H3. The summed E-state index contributed by atoms with van der Waals surface area (Å²) in [5.41, 5.74) is 2.12. The summed E-state index contributed by atoms with van der Waals surface area (Å²) in [4.78, 5) is 4.61. The Morgan fingerprint density at radius 3 is 2.93 bits per heavy atom. The first-order chi connectivity index (χ1) is 6.72. The average Bonchev–Trinajstić information content (AvgIpc) is 2.46. The SMILES string of the molecule is Cn1c(CON)cc2ccc(Cl)cc21. The fraction of sp³-hybridized carbons (Fsp3) is 0.200. The second-order valence-corrected chi connectivity index (χ2v) is 3.65. The summed E-state index contributed by atoms with van der Waals surface area (Å²) in [5, 5.41) is 1.88. The molecule has 4 heteroatoms. The molecule has 3 nitrogen and oxygen atoms in total. The predicted molar refractivity (Wildman–Crippen MR) is 56.9 cm³/mol. The molecular weight excluding hydrogens is 200 g/mol. The van der Waals surface area contributed by atoms with Crippen LogP contribution in [0.3, 0.4) is 0 Å². The smallest absolute Gasteiger partial charge is 0.108 e. The van der Waals surface area contributed by atoms with Crippen LogP contribution in [0.2, 0.25) is 5.02 Å². The maximum absolute atomic E-state index is 5.91. The molecule has 0 atom stereocenters. The summed E-state index contributed by atoms with van der Waals surface area (Å²) in [5.74, 6) is 5.04. The van der Waals surface area contributed by atoms with Gasteiger partial charge in [-0.15, -0.1) is 0 Å². The number of fused-ring (bicyclic) bond motifs is 1. The van der Waals surface area contributed by atoms with Crippen molar-refractivity contribution in [1.29, 1.82) is 0 Å². The number of hydrogen-bond donors (Lipinski definition) is 1. The average molecular weight is 211 g/mol. The van der Waals surface area contributed by atoms with Crippen molar-refractivity contribution in [2.45, 2.75) is 6.61 Å². The Balaban J connectivity index is 2.62. The third-order valence-electron chi connectivity index (χ3n) is 2.34. The first-order valence-corrected chi connectivity index (χ1v) is 4.65. The van der Waals surface area contributed by atoms with E-state index in [0.29, 0.717) is 6.61 Å². The van der Waals surface area contributed by atoms with Crippen molar-refractivity contribution in [3.8, 4) is 0 Å². The molecule has 14 heavy (non-hydrogen) atoms. The molecule has 0 aliphatic rings. The van der Waals surface area contributed by atoms with Crippen molar-refractivity contribution < 1.29 is 4.84 Å². The minimum atomic E-state index is 0.406. The summed E-state index contributed by atoms with van der Waals surface area (Å²) >= 11 is 5.91. The molecule has 1 aromatic heterocycles. The Bertz CT molecular complexity index is 464. The van der Waals surface area contributed by atoms with E-state index in [4.69, 9.17) is 17.5 Å². The van der Waals surface area contributed by atoms with Gasteiger partial charge in [0, 0.05) is 28.7 Å². The van der Waals surface area contributed by atoms with Crippen LogP contribution >= 0.6 is 11.6 Å². The fourth-order valence-electron chi connectivity index (χ4n) is 1.58. The molecule has 1 heterocycles. The highest BCUT2D eigenvalue weighted by Gasteiger charge is 2.05. The summed E-state index contributed by atoms with van der Waals surface area (Å²) in [7, 11) is 1.97. The highest BCUT2D eigenvalue weighted by Crippen LogP contribution is 2.22. The molecular formula is C10H11ClN2O. The number of rotatable bonds is 2. The monoisotopic (exact) mass is 210 g/mol. The number of aromatic nitrogens is 1. The maximum atomic E-state index is 5.91. The summed E-state index contributed by atoms with van der Waals surface area (Å²) in [6.45, 7) is 0.406. The van der Waals surface area contributed by atoms with Gasteiger partial charge in [0.25, 0.3) is 0 Å². The second kappa shape index (κ2) is 3.61. The van der Waals surface area contributed by atoms with Gasteiger partial charge in [-0.1, -0.05) is 17.7 Å². The fourth-order valence-corrected chi connectivity index (χ4v) is 1.75. The molecule has 2 N–H and O–H groups in total. The molecule has 0 saturated carbocycles. The van der Waals surface area contributed by atoms with E-state index in [-0.39, 0.29) is 0 Å². The molecule has 0 bridgehead atoms. The van der Waals surface area contributed by atoms with Crippen LogP contribution in [-0.4, -0.2) is 4.57 Å². The van der Waals surface area contributed by atoms with Gasteiger partial charge in [-0.3, -0.25) is 4.84 Å². The van der Waals surface area contributed by atoms with Crippen molar-refractivity contribution in [2.75, 3.05) is 0 Å². The molecule has 0 saturated heterocycles. The van der Waals surface area contributed by atoms with Crippen molar-refractivity contribution in [3.63, 3.8) is 0 Å². The molecule has 0 aliphatic carbocycles. The number of hydrogen-bond acceptors (Lipinski definition) is 2. The van der Waals surface area contributed by atoms with Gasteiger partial charge in [0.05, 0.1) is 0 Å². The van der Waals surface area contributed by atoms with E-state index >= 15 is 0 Å². The predicted octanol–water partition coefficient (Wildman–Crippen LogP) is 2.22. The molecule has 0 spiro atoms. The Labute approximate surface area is 87.0 Å². The first kappa shape index (κ1) is 9.52. The quantitative estimate of drug-likeness (QED) is 0.773. The van der Waals surface area contributed by atoms with Crippen LogP contribution in [-0.2, 0) is 18.5 Å². The van der Waals surface area contributed by atoms with Gasteiger partial charge < -0.3 is 4.57 Å². The van der Waals surface area contributed by atoms with Gasteiger partial charge in [0.15, 0.2) is 0 Å². The van der Waals surface area contributed by atoms with Gasteiger partial charge in [-0.05, 0) is 18.2 Å². The first-order valence-electron chi connectivity index (χ1n) is 4.28. The molecule has 0 amide bonds. The number of aryl methyl sites for hydroxylation is 1. The van der Waals surface area contributed by atoms with Gasteiger partial charge in [-0.2, -0.15) is 0 Å². The highest BCUT2D eigenvalue weighted by molar-refractivity contribution is 6.31. The Hall–Kier alpha value is -1.03. The Morgan fingerprint density at radius 2 is 2.21 bits per heavy atom. The second-order valence-electron chi connectivity index (χ2n) is 3.21. The van der Waals surface area contributed by atoms with Crippen molar-refractivity contribution in [2.24, 2.45) is 12.9 Å². The van der Waals surface area contributed by atoms with Gasteiger partial charge in [0.2, 0.25) is 0 Å². The third kappa shape index (κ3) is 1.50. The molecule has 0 aliphatic heterocycles. The lowest BCUT2D eigenvalue weighted by Crippen LogP contribution is -2.03. The topological polar surface area (TPSA) is 40.2 Å². The van der Waals surface area contributed by atoms with Crippen LogP contribution in [0, 0.1) is 0 Å². The van der Waals surface area contributed by atoms with Gasteiger partial charge in [-0.25, -0.2) is 5.90 Å². The van der Waals surface area contributed by atoms with Crippen molar-refractivity contribution in [1.82, 2.24) is 4.57 Å². The zero-order chi connectivity index (χ0) is 10.1. The van der Waals surface area contributed by atoms with E-state index < -0.39 is 0 Å². The van der Waals surface area contributed by atoms with Gasteiger partial charge >= 0.3 is 0 Å². The van der Waals surface area contributed by atoms with Crippen LogP contribution in [0.15, 0.2) is 24.3 Å². The number of benzene rings is 1. The van der Waals surface area contributed by atoms with Crippen molar-refractivity contribution >= 4 is 22.5 Å². The number of nitrogens with zero attached hydrogens (tertiary/aromatic N) is 1.